The fraction of sp³-hybridized carbons (Fsp3) is 0.462. The van der Waals surface area contributed by atoms with Crippen LogP contribution in [0.4, 0.5) is 10.1 Å². The maximum absolute atomic E-state index is 13.4. The van der Waals surface area contributed by atoms with Gasteiger partial charge < -0.3 is 15.5 Å². The molecule has 1 aromatic carbocycles. The van der Waals surface area contributed by atoms with E-state index in [0.29, 0.717) is 16.8 Å². The minimum Gasteiger partial charge on any atom is -0.360 e. The average Bonchev–Trinajstić information content (AvgIpc) is 2.35. The van der Waals surface area contributed by atoms with Gasteiger partial charge in [0.15, 0.2) is 5.11 Å². The number of benzene rings is 1. The maximum atomic E-state index is 13.4. The van der Waals surface area contributed by atoms with Crippen LogP contribution in [-0.2, 0) is 0 Å². The van der Waals surface area contributed by atoms with Crippen LogP contribution in [0.25, 0.3) is 0 Å². The van der Waals surface area contributed by atoms with Crippen molar-refractivity contribution in [2.24, 2.45) is 0 Å². The third-order valence-electron chi connectivity index (χ3n) is 3.18. The van der Waals surface area contributed by atoms with Crippen LogP contribution in [0.1, 0.15) is 12.8 Å². The topological polar surface area (TPSA) is 27.3 Å². The largest absolute Gasteiger partial charge is 0.360 e. The zero-order chi connectivity index (χ0) is 13.0. The van der Waals surface area contributed by atoms with E-state index < -0.39 is 0 Å². The molecule has 98 valence electrons. The molecule has 1 aromatic rings. The first-order valence-corrected chi connectivity index (χ1v) is 6.56. The zero-order valence-corrected chi connectivity index (χ0v) is 11.3. The lowest BCUT2D eigenvalue weighted by molar-refractivity contribution is 0.247. The molecule has 0 unspecified atom stereocenters. The van der Waals surface area contributed by atoms with E-state index in [4.69, 9.17) is 12.2 Å². The molecule has 0 saturated carbocycles. The molecule has 0 aliphatic carbocycles. The molecular formula is C13H18FN3S. The summed E-state index contributed by atoms with van der Waals surface area (Å²) in [5.74, 6) is -0.287. The normalized spacial score (nSPS) is 17.4. The second kappa shape index (κ2) is 6.11. The van der Waals surface area contributed by atoms with E-state index in [1.165, 1.54) is 6.07 Å². The summed E-state index contributed by atoms with van der Waals surface area (Å²) in [7, 11) is 2.12. The molecule has 0 spiro atoms. The Balaban J connectivity index is 1.84. The summed E-state index contributed by atoms with van der Waals surface area (Å²) in [6.45, 7) is 2.14. The highest BCUT2D eigenvalue weighted by atomic mass is 32.1. The molecule has 1 aliphatic rings. The quantitative estimate of drug-likeness (QED) is 0.803. The lowest BCUT2D eigenvalue weighted by Gasteiger charge is -2.30. The highest BCUT2D eigenvalue weighted by Crippen LogP contribution is 2.13. The molecule has 1 fully saturated rings. The van der Waals surface area contributed by atoms with Crippen LogP contribution in [-0.4, -0.2) is 36.2 Å². The average molecular weight is 267 g/mol. The van der Waals surface area contributed by atoms with Gasteiger partial charge in [0.05, 0.1) is 5.69 Å². The standard InChI is InChI=1S/C13H18FN3S/c1-17-8-6-10(7-9-17)15-13(18)16-12-5-3-2-4-11(12)14/h2-5,10H,6-9H2,1H3,(H2,15,16,18). The van der Waals surface area contributed by atoms with E-state index in [-0.39, 0.29) is 5.82 Å². The number of rotatable bonds is 2. The smallest absolute Gasteiger partial charge is 0.171 e. The number of para-hydroxylation sites is 1. The zero-order valence-electron chi connectivity index (χ0n) is 10.4. The number of piperidine rings is 1. The van der Waals surface area contributed by atoms with Gasteiger partial charge in [-0.15, -0.1) is 0 Å². The molecule has 0 atom stereocenters. The van der Waals surface area contributed by atoms with Gasteiger partial charge >= 0.3 is 0 Å². The van der Waals surface area contributed by atoms with Crippen LogP contribution in [0.3, 0.4) is 0 Å². The van der Waals surface area contributed by atoms with Gasteiger partial charge in [0.25, 0.3) is 0 Å². The third-order valence-corrected chi connectivity index (χ3v) is 3.40. The molecule has 2 rings (SSSR count). The summed E-state index contributed by atoms with van der Waals surface area (Å²) in [6, 6.07) is 6.92. The summed E-state index contributed by atoms with van der Waals surface area (Å²) in [6.07, 6.45) is 2.13. The molecule has 0 radical (unpaired) electrons. The Hall–Kier alpha value is -1.20. The molecular weight excluding hydrogens is 249 g/mol. The number of hydrogen-bond donors (Lipinski definition) is 2. The van der Waals surface area contributed by atoms with Crippen molar-refractivity contribution in [3.63, 3.8) is 0 Å². The molecule has 2 N–H and O–H groups in total. The molecule has 0 bridgehead atoms. The van der Waals surface area contributed by atoms with Crippen LogP contribution in [0.15, 0.2) is 24.3 Å². The van der Waals surface area contributed by atoms with Crippen LogP contribution in [0, 0.1) is 5.82 Å². The summed E-state index contributed by atoms with van der Waals surface area (Å²) in [5.41, 5.74) is 0.419. The molecule has 18 heavy (non-hydrogen) atoms. The Morgan fingerprint density at radius 3 is 2.67 bits per heavy atom. The SMILES string of the molecule is CN1CCC(NC(=S)Nc2ccccc2F)CC1. The monoisotopic (exact) mass is 267 g/mol. The number of anilines is 1. The lowest BCUT2D eigenvalue weighted by atomic mass is 10.1. The Bertz CT molecular complexity index is 416. The Morgan fingerprint density at radius 1 is 1.33 bits per heavy atom. The molecule has 1 aliphatic heterocycles. The minimum atomic E-state index is -0.287. The van der Waals surface area contributed by atoms with Crippen molar-refractivity contribution in [3.8, 4) is 0 Å². The molecule has 0 amide bonds. The van der Waals surface area contributed by atoms with E-state index in [0.717, 1.165) is 25.9 Å². The van der Waals surface area contributed by atoms with Gasteiger partial charge in [-0.05, 0) is 57.3 Å². The fourth-order valence-corrected chi connectivity index (χ4v) is 2.34. The van der Waals surface area contributed by atoms with Crippen molar-refractivity contribution >= 4 is 23.0 Å². The van der Waals surface area contributed by atoms with Gasteiger partial charge in [-0.1, -0.05) is 12.1 Å². The van der Waals surface area contributed by atoms with Crippen molar-refractivity contribution in [1.29, 1.82) is 0 Å². The first-order chi connectivity index (χ1) is 8.65. The second-order valence-corrected chi connectivity index (χ2v) is 5.06. The Labute approximate surface area is 112 Å². The van der Waals surface area contributed by atoms with Crippen molar-refractivity contribution < 1.29 is 4.39 Å². The maximum Gasteiger partial charge on any atom is 0.171 e. The number of halogens is 1. The summed E-state index contributed by atoms with van der Waals surface area (Å²) < 4.78 is 13.4. The van der Waals surface area contributed by atoms with E-state index in [9.17, 15) is 4.39 Å². The molecule has 3 nitrogen and oxygen atoms in total. The number of likely N-dealkylation sites (tertiary alicyclic amines) is 1. The van der Waals surface area contributed by atoms with E-state index in [1.54, 1.807) is 18.2 Å². The summed E-state index contributed by atoms with van der Waals surface area (Å²) >= 11 is 5.20. The third kappa shape index (κ3) is 3.65. The van der Waals surface area contributed by atoms with Gasteiger partial charge in [0.1, 0.15) is 5.82 Å². The molecule has 5 heteroatoms. The van der Waals surface area contributed by atoms with E-state index in [1.807, 2.05) is 0 Å². The van der Waals surface area contributed by atoms with E-state index in [2.05, 4.69) is 22.6 Å². The van der Waals surface area contributed by atoms with Crippen LogP contribution in [0.5, 0.6) is 0 Å². The van der Waals surface area contributed by atoms with E-state index >= 15 is 0 Å². The Kier molecular flexibility index (Phi) is 4.49. The van der Waals surface area contributed by atoms with Gasteiger partial charge in [0, 0.05) is 6.04 Å². The number of nitrogens with zero attached hydrogens (tertiary/aromatic N) is 1. The molecule has 1 heterocycles. The summed E-state index contributed by atoms with van der Waals surface area (Å²) in [5, 5.41) is 6.64. The predicted molar refractivity (Wildman–Crippen MR) is 76.3 cm³/mol. The van der Waals surface area contributed by atoms with Crippen LogP contribution in [0.2, 0.25) is 0 Å². The van der Waals surface area contributed by atoms with Crippen LogP contribution >= 0.6 is 12.2 Å². The predicted octanol–water partition coefficient (Wildman–Crippen LogP) is 2.21. The van der Waals surface area contributed by atoms with Gasteiger partial charge in [0.2, 0.25) is 0 Å². The van der Waals surface area contributed by atoms with Crippen molar-refractivity contribution in [1.82, 2.24) is 10.2 Å². The first-order valence-electron chi connectivity index (χ1n) is 6.16. The summed E-state index contributed by atoms with van der Waals surface area (Å²) in [4.78, 5) is 2.30. The first kappa shape index (κ1) is 13.2. The highest BCUT2D eigenvalue weighted by molar-refractivity contribution is 7.80. The molecule has 0 aromatic heterocycles. The number of hydrogen-bond acceptors (Lipinski definition) is 2. The second-order valence-electron chi connectivity index (χ2n) is 4.66. The van der Waals surface area contributed by atoms with Gasteiger partial charge in [-0.25, -0.2) is 4.39 Å². The van der Waals surface area contributed by atoms with Crippen molar-refractivity contribution in [3.05, 3.63) is 30.1 Å². The van der Waals surface area contributed by atoms with Crippen molar-refractivity contribution in [2.45, 2.75) is 18.9 Å². The molecule has 1 saturated heterocycles. The van der Waals surface area contributed by atoms with Crippen molar-refractivity contribution in [2.75, 3.05) is 25.5 Å². The lowest BCUT2D eigenvalue weighted by Crippen LogP contribution is -2.44. The van der Waals surface area contributed by atoms with Crippen LogP contribution < -0.4 is 10.6 Å². The van der Waals surface area contributed by atoms with Gasteiger partial charge in [-0.3, -0.25) is 0 Å². The van der Waals surface area contributed by atoms with Gasteiger partial charge in [-0.2, -0.15) is 0 Å². The number of thiocarbonyl (C=S) groups is 1. The number of nitrogens with one attached hydrogen (secondary N) is 2. The Morgan fingerprint density at radius 2 is 2.00 bits per heavy atom. The highest BCUT2D eigenvalue weighted by Gasteiger charge is 2.17. The fourth-order valence-electron chi connectivity index (χ4n) is 2.06. The minimum absolute atomic E-state index is 0.287.